The van der Waals surface area contributed by atoms with Gasteiger partial charge in [-0.1, -0.05) is 18.2 Å². The minimum absolute atomic E-state index is 0.155. The Morgan fingerprint density at radius 3 is 2.16 bits per heavy atom. The number of carbonyl (C=O) groups is 2. The van der Waals surface area contributed by atoms with Crippen molar-refractivity contribution in [2.45, 2.75) is 20.8 Å². The molecule has 0 aliphatic rings. The molecule has 0 aromatic heterocycles. The molecule has 6 nitrogen and oxygen atoms in total. The van der Waals surface area contributed by atoms with Gasteiger partial charge in [-0.15, -0.1) is 0 Å². The number of para-hydroxylation sites is 1. The molecule has 0 unspecified atom stereocenters. The Balaban J connectivity index is 1.63. The van der Waals surface area contributed by atoms with Crippen LogP contribution in [0.5, 0.6) is 11.5 Å². The highest BCUT2D eigenvalue weighted by molar-refractivity contribution is 6.10. The highest BCUT2D eigenvalue weighted by Gasteiger charge is 2.14. The summed E-state index contributed by atoms with van der Waals surface area (Å²) in [6, 6.07) is 19.7. The second-order valence-corrected chi connectivity index (χ2v) is 7.12. The van der Waals surface area contributed by atoms with Gasteiger partial charge in [-0.2, -0.15) is 0 Å². The number of amides is 2. The Bertz CT molecular complexity index is 1040. The van der Waals surface area contributed by atoms with E-state index in [0.717, 1.165) is 16.9 Å². The number of rotatable bonds is 8. The number of benzene rings is 3. The fourth-order valence-electron chi connectivity index (χ4n) is 3.14. The standard InChI is InChI=1S/C25H26N2O4/c1-4-30-20-11-9-19(10-12-20)26-25(29)22-7-5-6-8-23(22)27-24(28)16-31-21-14-17(2)13-18(3)15-21/h5-15H,4,16H2,1-3H3,(H,26,29)(H,27,28). The van der Waals surface area contributed by atoms with E-state index in [1.165, 1.54) is 0 Å². The first-order chi connectivity index (χ1) is 14.9. The normalized spacial score (nSPS) is 10.3. The molecular weight excluding hydrogens is 392 g/mol. The van der Waals surface area contributed by atoms with E-state index in [9.17, 15) is 9.59 Å². The van der Waals surface area contributed by atoms with Crippen LogP contribution in [0.1, 0.15) is 28.4 Å². The van der Waals surface area contributed by atoms with E-state index in [2.05, 4.69) is 10.6 Å². The molecule has 0 radical (unpaired) electrons. The molecule has 2 N–H and O–H groups in total. The maximum absolute atomic E-state index is 12.8. The van der Waals surface area contributed by atoms with Gasteiger partial charge >= 0.3 is 0 Å². The summed E-state index contributed by atoms with van der Waals surface area (Å²) >= 11 is 0. The Hall–Kier alpha value is -3.80. The van der Waals surface area contributed by atoms with Gasteiger partial charge < -0.3 is 20.1 Å². The summed E-state index contributed by atoms with van der Waals surface area (Å²) in [5.74, 6) is 0.696. The van der Waals surface area contributed by atoms with E-state index in [1.54, 1.807) is 48.5 Å². The van der Waals surface area contributed by atoms with E-state index >= 15 is 0 Å². The summed E-state index contributed by atoms with van der Waals surface area (Å²) in [5.41, 5.74) is 3.53. The molecule has 3 aromatic carbocycles. The average Bonchev–Trinajstić information content (AvgIpc) is 2.73. The molecule has 3 rings (SSSR count). The number of ether oxygens (including phenoxy) is 2. The first kappa shape index (κ1) is 21.9. The molecule has 0 aliphatic carbocycles. The van der Waals surface area contributed by atoms with Crippen LogP contribution in [0.2, 0.25) is 0 Å². The number of aryl methyl sites for hydroxylation is 2. The number of nitrogens with one attached hydrogen (secondary N) is 2. The third kappa shape index (κ3) is 6.34. The molecule has 160 valence electrons. The van der Waals surface area contributed by atoms with Gasteiger partial charge in [-0.3, -0.25) is 9.59 Å². The van der Waals surface area contributed by atoms with Crippen LogP contribution in [-0.4, -0.2) is 25.0 Å². The summed E-state index contributed by atoms with van der Waals surface area (Å²) in [4.78, 5) is 25.2. The summed E-state index contributed by atoms with van der Waals surface area (Å²) in [6.07, 6.45) is 0. The lowest BCUT2D eigenvalue weighted by molar-refractivity contribution is -0.118. The Morgan fingerprint density at radius 1 is 0.806 bits per heavy atom. The lowest BCUT2D eigenvalue weighted by atomic mass is 10.1. The molecule has 2 amide bonds. The second kappa shape index (κ2) is 10.3. The van der Waals surface area contributed by atoms with Gasteiger partial charge in [-0.05, 0) is 80.4 Å². The molecule has 0 heterocycles. The van der Waals surface area contributed by atoms with Crippen molar-refractivity contribution >= 4 is 23.2 Å². The average molecular weight is 418 g/mol. The zero-order valence-corrected chi connectivity index (χ0v) is 17.9. The molecule has 0 saturated heterocycles. The highest BCUT2D eigenvalue weighted by atomic mass is 16.5. The number of hydrogen-bond donors (Lipinski definition) is 2. The monoisotopic (exact) mass is 418 g/mol. The van der Waals surface area contributed by atoms with Crippen molar-refractivity contribution in [3.05, 3.63) is 83.4 Å². The van der Waals surface area contributed by atoms with Crippen LogP contribution in [0.15, 0.2) is 66.7 Å². The minimum Gasteiger partial charge on any atom is -0.494 e. The Morgan fingerprint density at radius 2 is 1.48 bits per heavy atom. The van der Waals surface area contributed by atoms with E-state index in [4.69, 9.17) is 9.47 Å². The molecule has 3 aromatic rings. The van der Waals surface area contributed by atoms with Gasteiger partial charge in [0.2, 0.25) is 0 Å². The molecule has 0 spiro atoms. The maximum atomic E-state index is 12.8. The van der Waals surface area contributed by atoms with Crippen LogP contribution < -0.4 is 20.1 Å². The van der Waals surface area contributed by atoms with E-state index in [0.29, 0.717) is 29.3 Å². The molecule has 0 fully saturated rings. The number of carbonyl (C=O) groups excluding carboxylic acids is 2. The largest absolute Gasteiger partial charge is 0.494 e. The van der Waals surface area contributed by atoms with Gasteiger partial charge in [0, 0.05) is 5.69 Å². The second-order valence-electron chi connectivity index (χ2n) is 7.12. The van der Waals surface area contributed by atoms with Crippen molar-refractivity contribution < 1.29 is 19.1 Å². The molecular formula is C25H26N2O4. The summed E-state index contributed by atoms with van der Waals surface area (Å²) < 4.78 is 11.0. The van der Waals surface area contributed by atoms with Crippen molar-refractivity contribution in [2.24, 2.45) is 0 Å². The molecule has 31 heavy (non-hydrogen) atoms. The lowest BCUT2D eigenvalue weighted by Gasteiger charge is -2.13. The van der Waals surface area contributed by atoms with Gasteiger partial charge in [0.25, 0.3) is 11.8 Å². The van der Waals surface area contributed by atoms with Gasteiger partial charge in [-0.25, -0.2) is 0 Å². The van der Waals surface area contributed by atoms with Crippen molar-refractivity contribution in [3.63, 3.8) is 0 Å². The lowest BCUT2D eigenvalue weighted by Crippen LogP contribution is -2.22. The highest BCUT2D eigenvalue weighted by Crippen LogP contribution is 2.20. The fourth-order valence-corrected chi connectivity index (χ4v) is 3.14. The van der Waals surface area contributed by atoms with Crippen molar-refractivity contribution in [1.82, 2.24) is 0 Å². The SMILES string of the molecule is CCOc1ccc(NC(=O)c2ccccc2NC(=O)COc2cc(C)cc(C)c2)cc1. The Labute approximate surface area is 182 Å². The smallest absolute Gasteiger partial charge is 0.262 e. The first-order valence-electron chi connectivity index (χ1n) is 10.1. The zero-order chi connectivity index (χ0) is 22.2. The van der Waals surface area contributed by atoms with E-state index in [1.807, 2.05) is 39.0 Å². The quantitative estimate of drug-likeness (QED) is 0.541. The molecule has 6 heteroatoms. The molecule has 0 bridgehead atoms. The van der Waals surface area contributed by atoms with Crippen LogP contribution in [0, 0.1) is 13.8 Å². The third-order valence-corrected chi connectivity index (χ3v) is 4.43. The maximum Gasteiger partial charge on any atom is 0.262 e. The first-order valence-corrected chi connectivity index (χ1v) is 10.1. The van der Waals surface area contributed by atoms with Crippen molar-refractivity contribution in [2.75, 3.05) is 23.8 Å². The van der Waals surface area contributed by atoms with Crippen LogP contribution in [0.4, 0.5) is 11.4 Å². The van der Waals surface area contributed by atoms with Crippen LogP contribution in [0.3, 0.4) is 0 Å². The van der Waals surface area contributed by atoms with Crippen LogP contribution in [-0.2, 0) is 4.79 Å². The number of hydrogen-bond acceptors (Lipinski definition) is 4. The Kier molecular flexibility index (Phi) is 7.27. The van der Waals surface area contributed by atoms with E-state index in [-0.39, 0.29) is 18.4 Å². The third-order valence-electron chi connectivity index (χ3n) is 4.43. The molecule has 0 saturated carbocycles. The fraction of sp³-hybridized carbons (Fsp3) is 0.200. The minimum atomic E-state index is -0.347. The number of anilines is 2. The van der Waals surface area contributed by atoms with Crippen LogP contribution in [0.25, 0.3) is 0 Å². The molecule has 0 aliphatic heterocycles. The predicted molar refractivity (Wildman–Crippen MR) is 122 cm³/mol. The summed E-state index contributed by atoms with van der Waals surface area (Å²) in [6.45, 7) is 6.27. The van der Waals surface area contributed by atoms with Gasteiger partial charge in [0.15, 0.2) is 6.61 Å². The predicted octanol–water partition coefficient (Wildman–Crippen LogP) is 4.97. The van der Waals surface area contributed by atoms with Gasteiger partial charge in [0.1, 0.15) is 11.5 Å². The van der Waals surface area contributed by atoms with Crippen molar-refractivity contribution in [1.29, 1.82) is 0 Å². The van der Waals surface area contributed by atoms with Crippen LogP contribution >= 0.6 is 0 Å². The van der Waals surface area contributed by atoms with E-state index < -0.39 is 0 Å². The zero-order valence-electron chi connectivity index (χ0n) is 17.9. The summed E-state index contributed by atoms with van der Waals surface area (Å²) in [5, 5.41) is 5.59. The van der Waals surface area contributed by atoms with Crippen molar-refractivity contribution in [3.8, 4) is 11.5 Å². The molecule has 0 atom stereocenters. The summed E-state index contributed by atoms with van der Waals surface area (Å²) in [7, 11) is 0. The topological polar surface area (TPSA) is 76.7 Å². The van der Waals surface area contributed by atoms with Gasteiger partial charge in [0.05, 0.1) is 17.9 Å².